The highest BCUT2D eigenvalue weighted by atomic mass is 16.3. The molecule has 0 aliphatic rings. The number of hydrogen-bond donors (Lipinski definition) is 3. The molecule has 0 saturated carbocycles. The van der Waals surface area contributed by atoms with Gasteiger partial charge in [-0.1, -0.05) is 172 Å². The number of allylic oxidation sites excluding steroid dienone is 7. The molecule has 4 heteroatoms. The van der Waals surface area contributed by atoms with Gasteiger partial charge in [0.25, 0.3) is 0 Å². The molecular formula is C42H77NO3. The second-order valence-electron chi connectivity index (χ2n) is 13.3. The molecule has 0 saturated heterocycles. The lowest BCUT2D eigenvalue weighted by Crippen LogP contribution is -2.45. The number of unbranched alkanes of at least 4 members (excludes halogenated alkanes) is 22. The summed E-state index contributed by atoms with van der Waals surface area (Å²) < 4.78 is 0. The average molecular weight is 644 g/mol. The first-order chi connectivity index (χ1) is 22.7. The van der Waals surface area contributed by atoms with E-state index in [0.29, 0.717) is 6.42 Å². The molecule has 0 rings (SSSR count). The summed E-state index contributed by atoms with van der Waals surface area (Å²) >= 11 is 0. The molecule has 0 heterocycles. The predicted molar refractivity (Wildman–Crippen MR) is 202 cm³/mol. The third-order valence-corrected chi connectivity index (χ3v) is 8.76. The summed E-state index contributed by atoms with van der Waals surface area (Å²) in [6, 6.07) is -0.646. The number of hydrogen-bond acceptors (Lipinski definition) is 3. The average Bonchev–Trinajstić information content (AvgIpc) is 3.06. The normalized spacial score (nSPS) is 13.6. The fraction of sp³-hybridized carbons (Fsp3) is 0.786. The number of carbonyl (C=O) groups excluding carboxylic acids is 1. The van der Waals surface area contributed by atoms with Crippen LogP contribution < -0.4 is 5.32 Å². The molecule has 0 radical (unpaired) electrons. The molecule has 2 atom stereocenters. The Morgan fingerprint density at radius 2 is 0.870 bits per heavy atom. The van der Waals surface area contributed by atoms with Gasteiger partial charge in [0.15, 0.2) is 0 Å². The standard InChI is InChI=1S/C42H77NO3/c1-3-5-7-9-11-13-15-17-18-19-20-21-22-23-24-25-26-28-30-32-34-36-38-42(46)43-40(39-44)41(45)37-35-33-31-29-27-16-14-12-10-8-6-4-2/h10,12,22-23,27,29,35,37,40-41,44-45H,3-9,11,13-21,24-26,28,30-34,36,38-39H2,1-2H3,(H,43,46)/b12-10+,23-22-,29-27+,37-35+. The molecule has 3 N–H and O–H groups in total. The summed E-state index contributed by atoms with van der Waals surface area (Å²) in [7, 11) is 0. The molecule has 0 aromatic heterocycles. The van der Waals surface area contributed by atoms with Crippen LogP contribution in [0.3, 0.4) is 0 Å². The van der Waals surface area contributed by atoms with Crippen molar-refractivity contribution in [2.45, 2.75) is 206 Å². The third-order valence-electron chi connectivity index (χ3n) is 8.76. The summed E-state index contributed by atoms with van der Waals surface area (Å²) in [5.74, 6) is -0.0851. The fourth-order valence-electron chi connectivity index (χ4n) is 5.66. The van der Waals surface area contributed by atoms with Crippen molar-refractivity contribution in [3.05, 3.63) is 48.6 Å². The summed E-state index contributed by atoms with van der Waals surface area (Å²) in [6.07, 6.45) is 50.7. The molecule has 268 valence electrons. The van der Waals surface area contributed by atoms with E-state index in [1.165, 1.54) is 135 Å². The molecule has 0 aliphatic heterocycles. The Kier molecular flexibility index (Phi) is 36.4. The van der Waals surface area contributed by atoms with Gasteiger partial charge in [-0.2, -0.15) is 0 Å². The predicted octanol–water partition coefficient (Wildman–Crippen LogP) is 12.0. The Morgan fingerprint density at radius 3 is 1.33 bits per heavy atom. The van der Waals surface area contributed by atoms with Gasteiger partial charge in [-0.3, -0.25) is 4.79 Å². The minimum Gasteiger partial charge on any atom is -0.394 e. The number of nitrogens with one attached hydrogen (secondary N) is 1. The van der Waals surface area contributed by atoms with Crippen LogP contribution in [0.15, 0.2) is 48.6 Å². The molecule has 0 bridgehead atoms. The Bertz CT molecular complexity index is 741. The van der Waals surface area contributed by atoms with Crippen LogP contribution in [0.5, 0.6) is 0 Å². The van der Waals surface area contributed by atoms with E-state index >= 15 is 0 Å². The van der Waals surface area contributed by atoms with Crippen molar-refractivity contribution in [3.8, 4) is 0 Å². The molecule has 0 aliphatic carbocycles. The van der Waals surface area contributed by atoms with Crippen LogP contribution in [0.1, 0.15) is 194 Å². The maximum absolute atomic E-state index is 12.3. The van der Waals surface area contributed by atoms with Gasteiger partial charge in [0.2, 0.25) is 5.91 Å². The van der Waals surface area contributed by atoms with Crippen LogP contribution >= 0.6 is 0 Å². The molecule has 1 amide bonds. The maximum Gasteiger partial charge on any atom is 0.220 e. The van der Waals surface area contributed by atoms with E-state index in [4.69, 9.17) is 0 Å². The van der Waals surface area contributed by atoms with Crippen LogP contribution in [0.25, 0.3) is 0 Å². The van der Waals surface area contributed by atoms with Crippen LogP contribution in [0.4, 0.5) is 0 Å². The number of aliphatic hydroxyl groups excluding tert-OH is 2. The third kappa shape index (κ3) is 33.7. The second-order valence-corrected chi connectivity index (χ2v) is 13.3. The first kappa shape index (κ1) is 44.4. The van der Waals surface area contributed by atoms with Gasteiger partial charge < -0.3 is 15.5 Å². The van der Waals surface area contributed by atoms with Crippen molar-refractivity contribution in [3.63, 3.8) is 0 Å². The van der Waals surface area contributed by atoms with Crippen LogP contribution in [-0.4, -0.2) is 34.9 Å². The van der Waals surface area contributed by atoms with E-state index in [9.17, 15) is 15.0 Å². The van der Waals surface area contributed by atoms with Gasteiger partial charge in [0, 0.05) is 6.42 Å². The van der Waals surface area contributed by atoms with Crippen molar-refractivity contribution in [1.82, 2.24) is 5.32 Å². The lowest BCUT2D eigenvalue weighted by Gasteiger charge is -2.19. The quantitative estimate of drug-likeness (QED) is 0.0475. The molecule has 0 aromatic carbocycles. The number of carbonyl (C=O) groups is 1. The fourth-order valence-corrected chi connectivity index (χ4v) is 5.66. The highest BCUT2D eigenvalue weighted by molar-refractivity contribution is 5.76. The topological polar surface area (TPSA) is 69.6 Å². The van der Waals surface area contributed by atoms with Gasteiger partial charge in [-0.15, -0.1) is 0 Å². The van der Waals surface area contributed by atoms with Gasteiger partial charge in [-0.05, 0) is 64.2 Å². The molecule has 4 nitrogen and oxygen atoms in total. The molecule has 46 heavy (non-hydrogen) atoms. The van der Waals surface area contributed by atoms with Gasteiger partial charge in [0.05, 0.1) is 18.8 Å². The lowest BCUT2D eigenvalue weighted by atomic mass is 10.0. The van der Waals surface area contributed by atoms with Crippen molar-refractivity contribution in [1.29, 1.82) is 0 Å². The molecule has 0 fully saturated rings. The van der Waals surface area contributed by atoms with E-state index in [2.05, 4.69) is 55.6 Å². The Morgan fingerprint density at radius 1 is 0.500 bits per heavy atom. The van der Waals surface area contributed by atoms with Gasteiger partial charge in [0.1, 0.15) is 0 Å². The minimum absolute atomic E-state index is 0.0851. The molecule has 0 spiro atoms. The van der Waals surface area contributed by atoms with E-state index in [1.807, 2.05) is 6.08 Å². The Labute approximate surface area is 286 Å². The largest absolute Gasteiger partial charge is 0.394 e. The van der Waals surface area contributed by atoms with Crippen molar-refractivity contribution in [2.75, 3.05) is 6.61 Å². The minimum atomic E-state index is -0.870. The van der Waals surface area contributed by atoms with Crippen molar-refractivity contribution >= 4 is 5.91 Å². The highest BCUT2D eigenvalue weighted by Crippen LogP contribution is 2.13. The number of aliphatic hydroxyl groups is 2. The number of rotatable bonds is 35. The van der Waals surface area contributed by atoms with Crippen molar-refractivity contribution in [2.24, 2.45) is 0 Å². The SMILES string of the molecule is CCCC/C=C/CC/C=C/CC/C=C/C(O)C(CO)NC(=O)CCCCCCCCC/C=C\CCCCCCCCCCCCC. The zero-order valence-corrected chi connectivity index (χ0v) is 30.6. The van der Waals surface area contributed by atoms with Gasteiger partial charge in [-0.25, -0.2) is 0 Å². The number of amides is 1. The van der Waals surface area contributed by atoms with E-state index in [0.717, 1.165) is 38.5 Å². The van der Waals surface area contributed by atoms with E-state index in [-0.39, 0.29) is 12.5 Å². The lowest BCUT2D eigenvalue weighted by molar-refractivity contribution is -0.123. The maximum atomic E-state index is 12.3. The second kappa shape index (κ2) is 37.8. The first-order valence-corrected chi connectivity index (χ1v) is 19.9. The zero-order chi connectivity index (χ0) is 33.6. The monoisotopic (exact) mass is 644 g/mol. The van der Waals surface area contributed by atoms with Gasteiger partial charge >= 0.3 is 0 Å². The summed E-state index contributed by atoms with van der Waals surface area (Å²) in [5, 5.41) is 22.8. The highest BCUT2D eigenvalue weighted by Gasteiger charge is 2.17. The first-order valence-electron chi connectivity index (χ1n) is 19.9. The van der Waals surface area contributed by atoms with Crippen LogP contribution in [-0.2, 0) is 4.79 Å². The van der Waals surface area contributed by atoms with Crippen molar-refractivity contribution < 1.29 is 15.0 Å². The molecule has 0 aromatic rings. The molecule has 2 unspecified atom stereocenters. The molecular weight excluding hydrogens is 566 g/mol. The van der Waals surface area contributed by atoms with E-state index in [1.54, 1.807) is 6.08 Å². The summed E-state index contributed by atoms with van der Waals surface area (Å²) in [5.41, 5.74) is 0. The van der Waals surface area contributed by atoms with Crippen LogP contribution in [0, 0.1) is 0 Å². The Balaban J connectivity index is 3.61. The summed E-state index contributed by atoms with van der Waals surface area (Å²) in [6.45, 7) is 4.23. The summed E-state index contributed by atoms with van der Waals surface area (Å²) in [4.78, 5) is 12.3. The Hall–Kier alpha value is -1.65. The smallest absolute Gasteiger partial charge is 0.220 e. The zero-order valence-electron chi connectivity index (χ0n) is 30.6. The van der Waals surface area contributed by atoms with E-state index < -0.39 is 12.1 Å². The van der Waals surface area contributed by atoms with Crippen LogP contribution in [0.2, 0.25) is 0 Å².